The van der Waals surface area contributed by atoms with Gasteiger partial charge in [0.1, 0.15) is 0 Å². The summed E-state index contributed by atoms with van der Waals surface area (Å²) in [5.74, 6) is 1.08. The molecule has 0 spiro atoms. The van der Waals surface area contributed by atoms with E-state index in [-0.39, 0.29) is 0 Å². The second kappa shape index (κ2) is 1.73. The molecule has 0 unspecified atom stereocenters. The van der Waals surface area contributed by atoms with E-state index in [4.69, 9.17) is 0 Å². The Hall–Kier alpha value is 0.730. The molecule has 1 saturated heterocycles. The monoisotopic (exact) mass is 252 g/mol. The zero-order valence-electron chi connectivity index (χ0n) is 7.37. The van der Waals surface area contributed by atoms with Crippen LogP contribution in [0, 0.1) is 5.92 Å². The van der Waals surface area contributed by atoms with Crippen LogP contribution in [0.2, 0.25) is 0 Å². The van der Waals surface area contributed by atoms with E-state index in [1.807, 2.05) is 0 Å². The van der Waals surface area contributed by atoms with Gasteiger partial charge in [-0.3, -0.25) is 0 Å². The second-order valence-electron chi connectivity index (χ2n) is 4.60. The van der Waals surface area contributed by atoms with Crippen molar-refractivity contribution in [1.82, 2.24) is 0 Å². The minimum absolute atomic E-state index is 0.433. The van der Waals surface area contributed by atoms with Crippen molar-refractivity contribution in [3.05, 3.63) is 0 Å². The van der Waals surface area contributed by atoms with Gasteiger partial charge in [0, 0.05) is 0 Å². The van der Waals surface area contributed by atoms with Gasteiger partial charge < -0.3 is 0 Å². The van der Waals surface area contributed by atoms with Crippen molar-refractivity contribution < 1.29 is 0 Å². The summed E-state index contributed by atoms with van der Waals surface area (Å²) >= 11 is -0.433. The predicted octanol–water partition coefficient (Wildman–Crippen LogP) is 3.08. The predicted molar refractivity (Wildman–Crippen MR) is 55.2 cm³/mol. The van der Waals surface area contributed by atoms with Crippen LogP contribution in [0.15, 0.2) is 0 Å². The van der Waals surface area contributed by atoms with E-state index in [9.17, 15) is 0 Å². The Kier molecular flexibility index (Phi) is 1.27. The van der Waals surface area contributed by atoms with Gasteiger partial charge in [-0.25, -0.2) is 0 Å². The molecule has 0 N–H and O–H groups in total. The minimum atomic E-state index is -0.433. The molecule has 1 saturated carbocycles. The van der Waals surface area contributed by atoms with Crippen molar-refractivity contribution in [1.29, 1.82) is 0 Å². The van der Waals surface area contributed by atoms with Crippen molar-refractivity contribution in [2.75, 3.05) is 4.43 Å². The summed E-state index contributed by atoms with van der Waals surface area (Å²) in [6.07, 6.45) is 1.56. The molecule has 0 nitrogen and oxygen atoms in total. The summed E-state index contributed by atoms with van der Waals surface area (Å²) in [6.45, 7) is 9.94. The van der Waals surface area contributed by atoms with Crippen LogP contribution in [0.1, 0.15) is 34.1 Å². The SMILES string of the molecule is C[C@H]1C[C@@]1(C)I1CC1(C)C. The Morgan fingerprint density at radius 2 is 1.70 bits per heavy atom. The topological polar surface area (TPSA) is 0 Å². The first kappa shape index (κ1) is 7.38. The molecule has 0 radical (unpaired) electrons. The fraction of sp³-hybridized carbons (Fsp3) is 1.00. The Balaban J connectivity index is 2.05. The van der Waals surface area contributed by atoms with Crippen molar-refractivity contribution in [2.24, 2.45) is 5.92 Å². The molecule has 1 aliphatic heterocycles. The molecule has 60 valence electrons. The molecule has 2 fully saturated rings. The van der Waals surface area contributed by atoms with Gasteiger partial charge in [0.05, 0.1) is 0 Å². The molecule has 1 heteroatoms. The molecule has 0 amide bonds. The molecule has 1 aliphatic carbocycles. The van der Waals surface area contributed by atoms with Crippen LogP contribution in [-0.2, 0) is 0 Å². The third-order valence-electron chi connectivity index (χ3n) is 3.08. The summed E-state index contributed by atoms with van der Waals surface area (Å²) in [5, 5.41) is 0. The quantitative estimate of drug-likeness (QED) is 0.497. The molecular formula is C9H17I. The second-order valence-corrected chi connectivity index (χ2v) is 12.8. The van der Waals surface area contributed by atoms with Crippen LogP contribution in [0.5, 0.6) is 0 Å². The summed E-state index contributed by atoms with van der Waals surface area (Å²) in [4.78, 5) is 0. The van der Waals surface area contributed by atoms with Crippen LogP contribution in [0.4, 0.5) is 0 Å². The van der Waals surface area contributed by atoms with E-state index in [1.54, 1.807) is 10.8 Å². The fourth-order valence-corrected chi connectivity index (χ4v) is 11.2. The van der Waals surface area contributed by atoms with Gasteiger partial charge in [-0.2, -0.15) is 0 Å². The molecule has 0 aromatic rings. The maximum absolute atomic E-state index is 2.54. The third kappa shape index (κ3) is 0.853. The Bertz CT molecular complexity index is 174. The molecule has 0 bridgehead atoms. The Morgan fingerprint density at radius 3 is 1.80 bits per heavy atom. The van der Waals surface area contributed by atoms with Crippen LogP contribution >= 0.6 is 19.8 Å². The average molecular weight is 252 g/mol. The maximum atomic E-state index is 2.54. The van der Waals surface area contributed by atoms with Gasteiger partial charge >= 0.3 is 71.1 Å². The molecule has 2 aliphatic rings. The first-order valence-corrected chi connectivity index (χ1v) is 7.81. The zero-order chi connectivity index (χ0) is 7.57. The number of halogens is 1. The van der Waals surface area contributed by atoms with Crippen LogP contribution in [0.3, 0.4) is 0 Å². The summed E-state index contributed by atoms with van der Waals surface area (Å²) in [7, 11) is 0. The van der Waals surface area contributed by atoms with Gasteiger partial charge in [-0.05, 0) is 0 Å². The molecule has 10 heavy (non-hydrogen) atoms. The standard InChI is InChI=1S/C9H17I/c1-7-5-9(7,4)10-6-8(10,2)3/h7H,5-6H2,1-4H3/t7-,9+/m0/s1. The van der Waals surface area contributed by atoms with E-state index >= 15 is 0 Å². The van der Waals surface area contributed by atoms with E-state index in [1.165, 1.54) is 0 Å². The normalized spacial score (nSPS) is 52.8. The zero-order valence-corrected chi connectivity index (χ0v) is 9.53. The Morgan fingerprint density at radius 1 is 1.30 bits per heavy atom. The van der Waals surface area contributed by atoms with Gasteiger partial charge in [0.15, 0.2) is 0 Å². The van der Waals surface area contributed by atoms with E-state index in [0.717, 1.165) is 12.8 Å². The number of hydrogen-bond acceptors (Lipinski definition) is 0. The number of rotatable bonds is 1. The summed E-state index contributed by atoms with van der Waals surface area (Å²) in [6, 6.07) is 0. The third-order valence-corrected chi connectivity index (χ3v) is 13.2. The average Bonchev–Trinajstić information content (AvgIpc) is 2.54. The number of alkyl halides is 3. The Labute approximate surface area is 71.2 Å². The first-order chi connectivity index (χ1) is 4.47. The van der Waals surface area contributed by atoms with E-state index < -0.39 is 19.8 Å². The van der Waals surface area contributed by atoms with Crippen molar-refractivity contribution in [2.45, 2.75) is 41.0 Å². The van der Waals surface area contributed by atoms with Crippen LogP contribution in [0.25, 0.3) is 0 Å². The molecule has 0 aromatic carbocycles. The van der Waals surface area contributed by atoms with Crippen molar-refractivity contribution >= 4 is 19.8 Å². The summed E-state index contributed by atoms with van der Waals surface area (Å²) in [5.41, 5.74) is 0. The molecule has 2 atom stereocenters. The molecule has 0 aromatic heterocycles. The fourth-order valence-electron chi connectivity index (χ4n) is 1.89. The van der Waals surface area contributed by atoms with Gasteiger partial charge in [-0.1, -0.05) is 0 Å². The van der Waals surface area contributed by atoms with E-state index in [2.05, 4.69) is 27.7 Å². The summed E-state index contributed by atoms with van der Waals surface area (Å²) < 4.78 is 3.40. The van der Waals surface area contributed by atoms with Crippen LogP contribution in [-0.4, -0.2) is 11.3 Å². The van der Waals surface area contributed by atoms with Gasteiger partial charge in [-0.15, -0.1) is 0 Å². The molecule has 2 rings (SSSR count). The number of hydrogen-bond donors (Lipinski definition) is 0. The van der Waals surface area contributed by atoms with Gasteiger partial charge in [0.2, 0.25) is 0 Å². The van der Waals surface area contributed by atoms with Crippen molar-refractivity contribution in [3.8, 4) is 0 Å². The van der Waals surface area contributed by atoms with E-state index in [0.29, 0.717) is 0 Å². The van der Waals surface area contributed by atoms with Gasteiger partial charge in [0.25, 0.3) is 0 Å². The van der Waals surface area contributed by atoms with Crippen molar-refractivity contribution in [3.63, 3.8) is 0 Å². The molecule has 1 heterocycles. The first-order valence-electron chi connectivity index (χ1n) is 4.13. The van der Waals surface area contributed by atoms with Crippen LogP contribution < -0.4 is 0 Å². The molecular weight excluding hydrogens is 235 g/mol.